The van der Waals surface area contributed by atoms with Crippen molar-refractivity contribution in [3.63, 3.8) is 0 Å². The SMILES string of the molecule is COc1cccc2sc(N3CCN(CCNC(=O)c4ccc(S(=O)(=O)N5CCCCC5C)cc4)CC3)nc12. The topological polar surface area (TPSA) is 95.1 Å². The number of carbonyl (C=O) groups excluding carboxylic acids is 1. The zero-order chi connectivity index (χ0) is 26.7. The summed E-state index contributed by atoms with van der Waals surface area (Å²) in [6.07, 6.45) is 2.82. The molecule has 1 atom stereocenters. The highest BCUT2D eigenvalue weighted by atomic mass is 32.2. The molecular formula is C27H35N5O4S2. The van der Waals surface area contributed by atoms with E-state index < -0.39 is 10.0 Å². The summed E-state index contributed by atoms with van der Waals surface area (Å²) >= 11 is 1.68. The lowest BCUT2D eigenvalue weighted by Gasteiger charge is -2.34. The number of piperazine rings is 1. The van der Waals surface area contributed by atoms with Crippen LogP contribution in [0.2, 0.25) is 0 Å². The Bertz CT molecular complexity index is 1370. The summed E-state index contributed by atoms with van der Waals surface area (Å²) in [4.78, 5) is 22.3. The number of aromatic nitrogens is 1. The Kier molecular flexibility index (Phi) is 8.18. The van der Waals surface area contributed by atoms with Gasteiger partial charge in [0.15, 0.2) is 5.13 Å². The molecule has 1 amide bonds. The molecule has 1 N–H and O–H groups in total. The van der Waals surface area contributed by atoms with Gasteiger partial charge < -0.3 is 15.0 Å². The van der Waals surface area contributed by atoms with Crippen LogP contribution < -0.4 is 15.0 Å². The maximum atomic E-state index is 13.0. The number of nitrogens with one attached hydrogen (secondary N) is 1. The Morgan fingerprint density at radius 1 is 1.08 bits per heavy atom. The average Bonchev–Trinajstić information content (AvgIpc) is 3.38. The number of piperidine rings is 1. The van der Waals surface area contributed by atoms with Crippen molar-refractivity contribution in [1.29, 1.82) is 0 Å². The van der Waals surface area contributed by atoms with Gasteiger partial charge in [-0.25, -0.2) is 13.4 Å². The third kappa shape index (κ3) is 5.66. The first kappa shape index (κ1) is 26.9. The summed E-state index contributed by atoms with van der Waals surface area (Å²) in [5, 5.41) is 3.98. The molecule has 0 radical (unpaired) electrons. The molecule has 5 rings (SSSR count). The van der Waals surface area contributed by atoms with Crippen molar-refractivity contribution in [3.05, 3.63) is 48.0 Å². The number of nitrogens with zero attached hydrogens (tertiary/aromatic N) is 4. The quantitative estimate of drug-likeness (QED) is 0.454. The van der Waals surface area contributed by atoms with Gasteiger partial charge in [0.05, 0.1) is 16.7 Å². The largest absolute Gasteiger partial charge is 0.494 e. The number of benzene rings is 2. The Labute approximate surface area is 228 Å². The lowest BCUT2D eigenvalue weighted by Crippen LogP contribution is -2.48. The smallest absolute Gasteiger partial charge is 0.251 e. The third-order valence-electron chi connectivity index (χ3n) is 7.41. The van der Waals surface area contributed by atoms with E-state index in [-0.39, 0.29) is 16.8 Å². The van der Waals surface area contributed by atoms with Crippen molar-refractivity contribution in [2.24, 2.45) is 0 Å². The fourth-order valence-corrected chi connectivity index (χ4v) is 7.88. The van der Waals surface area contributed by atoms with E-state index in [0.717, 1.165) is 73.1 Å². The van der Waals surface area contributed by atoms with E-state index in [1.807, 2.05) is 19.1 Å². The van der Waals surface area contributed by atoms with Crippen molar-refractivity contribution < 1.29 is 17.9 Å². The van der Waals surface area contributed by atoms with Gasteiger partial charge in [0.1, 0.15) is 11.3 Å². The molecule has 2 aromatic carbocycles. The number of anilines is 1. The molecule has 0 saturated carbocycles. The second kappa shape index (κ2) is 11.6. The van der Waals surface area contributed by atoms with E-state index in [0.29, 0.717) is 18.7 Å². The third-order valence-corrected chi connectivity index (χ3v) is 10.5. The van der Waals surface area contributed by atoms with E-state index >= 15 is 0 Å². The number of sulfonamides is 1. The summed E-state index contributed by atoms with van der Waals surface area (Å²) in [6, 6.07) is 12.3. The summed E-state index contributed by atoms with van der Waals surface area (Å²) in [6.45, 7) is 7.33. The molecule has 2 aliphatic heterocycles. The molecular weight excluding hydrogens is 522 g/mol. The Hall–Kier alpha value is -2.73. The molecule has 1 unspecified atom stereocenters. The van der Waals surface area contributed by atoms with Crippen LogP contribution in [-0.2, 0) is 10.0 Å². The normalized spacial score (nSPS) is 19.5. The molecule has 9 nitrogen and oxygen atoms in total. The standard InChI is InChI=1S/C27H35N5O4S2/c1-20-6-3-4-14-32(20)38(34,35)22-11-9-21(10-12-22)26(33)28-13-15-30-16-18-31(19-17-30)27-29-25-23(36-2)7-5-8-24(25)37-27/h5,7-12,20H,3-4,6,13-19H2,1-2H3,(H,28,33). The zero-order valence-electron chi connectivity index (χ0n) is 21.9. The molecule has 11 heteroatoms. The van der Waals surface area contributed by atoms with Gasteiger partial charge >= 0.3 is 0 Å². The fourth-order valence-electron chi connectivity index (χ4n) is 5.15. The summed E-state index contributed by atoms with van der Waals surface area (Å²) in [5.74, 6) is 0.606. The predicted molar refractivity (Wildman–Crippen MR) is 151 cm³/mol. The fraction of sp³-hybridized carbons (Fsp3) is 0.481. The number of thiazole rings is 1. The monoisotopic (exact) mass is 557 g/mol. The van der Waals surface area contributed by atoms with Gasteiger partial charge in [-0.05, 0) is 56.2 Å². The highest BCUT2D eigenvalue weighted by molar-refractivity contribution is 7.89. The van der Waals surface area contributed by atoms with Crippen LogP contribution in [0, 0.1) is 0 Å². The minimum Gasteiger partial charge on any atom is -0.494 e. The maximum absolute atomic E-state index is 13.0. The molecule has 2 aliphatic rings. The minimum atomic E-state index is -3.54. The second-order valence-corrected chi connectivity index (χ2v) is 12.8. The number of methoxy groups -OCH3 is 1. The number of amides is 1. The van der Waals surface area contributed by atoms with E-state index in [4.69, 9.17) is 9.72 Å². The van der Waals surface area contributed by atoms with Gasteiger partial charge in [-0.15, -0.1) is 0 Å². The van der Waals surface area contributed by atoms with Crippen LogP contribution in [0.4, 0.5) is 5.13 Å². The van der Waals surface area contributed by atoms with Crippen LogP contribution in [0.15, 0.2) is 47.4 Å². The Morgan fingerprint density at radius 3 is 2.55 bits per heavy atom. The van der Waals surface area contributed by atoms with Gasteiger partial charge in [0.2, 0.25) is 10.0 Å². The Balaban J connectivity index is 1.09. The molecule has 0 spiro atoms. The maximum Gasteiger partial charge on any atom is 0.251 e. The van der Waals surface area contributed by atoms with Gasteiger partial charge in [-0.2, -0.15) is 4.31 Å². The first-order valence-corrected chi connectivity index (χ1v) is 15.4. The van der Waals surface area contributed by atoms with E-state index in [1.54, 1.807) is 47.0 Å². The molecule has 3 aromatic rings. The summed E-state index contributed by atoms with van der Waals surface area (Å²) < 4.78 is 34.2. The number of fused-ring (bicyclic) bond motifs is 1. The van der Waals surface area contributed by atoms with Crippen molar-refractivity contribution in [3.8, 4) is 5.75 Å². The average molecular weight is 558 g/mol. The lowest BCUT2D eigenvalue weighted by molar-refractivity contribution is 0.0947. The molecule has 1 aromatic heterocycles. The Morgan fingerprint density at radius 2 is 1.84 bits per heavy atom. The van der Waals surface area contributed by atoms with Gasteiger partial charge in [0.25, 0.3) is 5.91 Å². The molecule has 204 valence electrons. The van der Waals surface area contributed by atoms with Gasteiger partial charge in [-0.3, -0.25) is 9.69 Å². The molecule has 38 heavy (non-hydrogen) atoms. The van der Waals surface area contributed by atoms with Crippen LogP contribution in [0.3, 0.4) is 0 Å². The molecule has 2 fully saturated rings. The van der Waals surface area contributed by atoms with Crippen LogP contribution >= 0.6 is 11.3 Å². The van der Waals surface area contributed by atoms with E-state index in [9.17, 15) is 13.2 Å². The van der Waals surface area contributed by atoms with Gasteiger partial charge in [0, 0.05) is 57.4 Å². The van der Waals surface area contributed by atoms with Crippen molar-refractivity contribution in [2.75, 3.05) is 57.8 Å². The zero-order valence-corrected chi connectivity index (χ0v) is 23.6. The summed E-state index contributed by atoms with van der Waals surface area (Å²) in [7, 11) is -1.87. The van der Waals surface area contributed by atoms with E-state index in [1.165, 1.54) is 0 Å². The van der Waals surface area contributed by atoms with E-state index in [2.05, 4.69) is 21.2 Å². The van der Waals surface area contributed by atoms with Crippen LogP contribution in [-0.4, -0.2) is 87.5 Å². The minimum absolute atomic E-state index is 0.00307. The number of para-hydroxylation sites is 1. The molecule has 0 bridgehead atoms. The van der Waals surface area contributed by atoms with Crippen LogP contribution in [0.5, 0.6) is 5.75 Å². The number of rotatable bonds is 8. The van der Waals surface area contributed by atoms with Crippen LogP contribution in [0.1, 0.15) is 36.5 Å². The number of hydrogen-bond donors (Lipinski definition) is 1. The van der Waals surface area contributed by atoms with Gasteiger partial charge in [-0.1, -0.05) is 23.8 Å². The number of hydrogen-bond acceptors (Lipinski definition) is 8. The van der Waals surface area contributed by atoms with Crippen molar-refractivity contribution in [1.82, 2.24) is 19.5 Å². The lowest BCUT2D eigenvalue weighted by atomic mass is 10.1. The van der Waals surface area contributed by atoms with Crippen molar-refractivity contribution >= 4 is 42.6 Å². The molecule has 2 saturated heterocycles. The number of carbonyl (C=O) groups is 1. The first-order valence-electron chi connectivity index (χ1n) is 13.2. The predicted octanol–water partition coefficient (Wildman–Crippen LogP) is 3.42. The first-order chi connectivity index (χ1) is 18.4. The second-order valence-electron chi connectivity index (χ2n) is 9.87. The van der Waals surface area contributed by atoms with Crippen LogP contribution in [0.25, 0.3) is 10.2 Å². The molecule has 0 aliphatic carbocycles. The van der Waals surface area contributed by atoms with Crippen molar-refractivity contribution in [2.45, 2.75) is 37.1 Å². The summed E-state index contributed by atoms with van der Waals surface area (Å²) in [5.41, 5.74) is 1.37. The number of ether oxygens (including phenoxy) is 1. The molecule has 3 heterocycles. The highest BCUT2D eigenvalue weighted by Crippen LogP contribution is 2.34. The highest BCUT2D eigenvalue weighted by Gasteiger charge is 2.31.